The van der Waals surface area contributed by atoms with Crippen molar-refractivity contribution < 1.29 is 24.0 Å². The summed E-state index contributed by atoms with van der Waals surface area (Å²) in [6.45, 7) is 0. The van der Waals surface area contributed by atoms with E-state index in [-0.39, 0.29) is 43.4 Å². The topological polar surface area (TPSA) is 110 Å². The Kier molecular flexibility index (Phi) is 5.77. The van der Waals surface area contributed by atoms with Crippen LogP contribution in [0.4, 0.5) is 5.69 Å². The Bertz CT molecular complexity index is 1270. The number of hydrogen-bond acceptors (Lipinski definition) is 7. The second kappa shape index (κ2) is 8.65. The maximum Gasteiger partial charge on any atom is 0.333 e. The minimum absolute atomic E-state index is 0.0297. The summed E-state index contributed by atoms with van der Waals surface area (Å²) in [5.41, 5.74) is 0.405. The number of hydrogen-bond donors (Lipinski definition) is 1. The molecule has 0 radical (unpaired) electrons. The van der Waals surface area contributed by atoms with Gasteiger partial charge in [0, 0.05) is 51.5 Å². The summed E-state index contributed by atoms with van der Waals surface area (Å²) in [6, 6.07) is 12.5. The monoisotopic (exact) mass is 438 g/mol. The molecule has 1 fully saturated rings. The lowest BCUT2D eigenvalue weighted by molar-refractivity contribution is -0.197. The highest BCUT2D eigenvalue weighted by Gasteiger charge is 2.32. The molecule has 1 aliphatic heterocycles. The Morgan fingerprint density at radius 3 is 2.42 bits per heavy atom. The summed E-state index contributed by atoms with van der Waals surface area (Å²) < 4.78 is 1.73. The summed E-state index contributed by atoms with van der Waals surface area (Å²) in [5.74, 6) is -2.15. The van der Waals surface area contributed by atoms with Crippen LogP contribution in [0.1, 0.15) is 32.1 Å². The molecule has 1 aromatic heterocycles. The van der Waals surface area contributed by atoms with Gasteiger partial charge in [0.05, 0.1) is 0 Å². The summed E-state index contributed by atoms with van der Waals surface area (Å²) in [6.07, 6.45) is 0.179. The quantitative estimate of drug-likeness (QED) is 0.468. The first kappa shape index (κ1) is 20.7. The molecule has 0 saturated carbocycles. The van der Waals surface area contributed by atoms with Crippen molar-refractivity contribution in [2.24, 2.45) is 0 Å². The summed E-state index contributed by atoms with van der Waals surface area (Å²) in [5, 5.41) is 4.38. The van der Waals surface area contributed by atoms with E-state index < -0.39 is 17.8 Å². The van der Waals surface area contributed by atoms with Crippen LogP contribution in [0.2, 0.25) is 0 Å². The number of imide groups is 1. The number of hydroxylamine groups is 2. The minimum atomic E-state index is -0.744. The van der Waals surface area contributed by atoms with Crippen LogP contribution in [0, 0.1) is 0 Å². The molecule has 9 heteroatoms. The predicted molar refractivity (Wildman–Crippen MR) is 115 cm³/mol. The van der Waals surface area contributed by atoms with Crippen molar-refractivity contribution in [2.75, 3.05) is 5.32 Å². The standard InChI is InChI=1S/C22H18N2O6S/c25-18(6-3-7-21(28)30-24-19(26)10-11-20(24)27)23-13-8-9-17-15(12-13)22(29)14-4-1-2-5-16(14)31-17/h1-2,4-5,8-9,12H,3,6-7,10-11H2,(H,23,25). The van der Waals surface area contributed by atoms with Crippen LogP contribution in [-0.2, 0) is 24.0 Å². The van der Waals surface area contributed by atoms with Gasteiger partial charge in [-0.15, -0.1) is 16.4 Å². The number of benzene rings is 2. The summed E-state index contributed by atoms with van der Waals surface area (Å²) in [7, 11) is 0. The number of rotatable bonds is 6. The van der Waals surface area contributed by atoms with Gasteiger partial charge in [0.15, 0.2) is 5.43 Å². The average molecular weight is 438 g/mol. The lowest BCUT2D eigenvalue weighted by Crippen LogP contribution is -2.32. The fraction of sp³-hybridized carbons (Fsp3) is 0.227. The molecule has 2 heterocycles. The van der Waals surface area contributed by atoms with Crippen LogP contribution in [0.3, 0.4) is 0 Å². The highest BCUT2D eigenvalue weighted by atomic mass is 32.1. The Morgan fingerprint density at radius 2 is 1.65 bits per heavy atom. The largest absolute Gasteiger partial charge is 0.333 e. The second-order valence-electron chi connectivity index (χ2n) is 7.09. The average Bonchev–Trinajstić information content (AvgIpc) is 3.06. The van der Waals surface area contributed by atoms with Crippen LogP contribution in [0.15, 0.2) is 47.3 Å². The van der Waals surface area contributed by atoms with Gasteiger partial charge in [-0.25, -0.2) is 4.79 Å². The molecule has 1 N–H and O–H groups in total. The van der Waals surface area contributed by atoms with Crippen molar-refractivity contribution >= 4 is 60.9 Å². The molecule has 4 rings (SSSR count). The molecule has 0 bridgehead atoms. The SMILES string of the molecule is O=C(CCCC(=O)ON1C(=O)CCC1=O)Nc1ccc2sc3ccccc3c(=O)c2c1. The van der Waals surface area contributed by atoms with Crippen molar-refractivity contribution in [2.45, 2.75) is 32.1 Å². The number of amides is 3. The van der Waals surface area contributed by atoms with E-state index in [9.17, 15) is 24.0 Å². The minimum Gasteiger partial charge on any atom is -0.330 e. The smallest absolute Gasteiger partial charge is 0.330 e. The molecule has 0 aliphatic carbocycles. The molecular formula is C22H18N2O6S. The van der Waals surface area contributed by atoms with Gasteiger partial charge in [-0.2, -0.15) is 0 Å². The van der Waals surface area contributed by atoms with Crippen LogP contribution in [-0.4, -0.2) is 28.8 Å². The predicted octanol–water partition coefficient (Wildman–Crippen LogP) is 3.13. The van der Waals surface area contributed by atoms with E-state index in [0.29, 0.717) is 21.5 Å². The van der Waals surface area contributed by atoms with Gasteiger partial charge in [-0.1, -0.05) is 12.1 Å². The number of anilines is 1. The van der Waals surface area contributed by atoms with Gasteiger partial charge in [0.2, 0.25) is 5.91 Å². The maximum atomic E-state index is 12.8. The van der Waals surface area contributed by atoms with E-state index in [1.54, 1.807) is 24.3 Å². The van der Waals surface area contributed by atoms with E-state index in [1.165, 1.54) is 11.3 Å². The lowest BCUT2D eigenvalue weighted by Gasteiger charge is -2.12. The Morgan fingerprint density at radius 1 is 0.935 bits per heavy atom. The van der Waals surface area contributed by atoms with Gasteiger partial charge >= 0.3 is 5.97 Å². The molecule has 0 unspecified atom stereocenters. The third-order valence-corrected chi connectivity index (χ3v) is 5.99. The van der Waals surface area contributed by atoms with E-state index in [0.717, 1.165) is 9.40 Å². The van der Waals surface area contributed by atoms with Crippen LogP contribution in [0.25, 0.3) is 20.2 Å². The third kappa shape index (κ3) is 4.46. The zero-order valence-corrected chi connectivity index (χ0v) is 17.2. The molecule has 31 heavy (non-hydrogen) atoms. The molecule has 1 aliphatic rings. The molecule has 0 spiro atoms. The van der Waals surface area contributed by atoms with Crippen LogP contribution < -0.4 is 10.7 Å². The first-order valence-corrected chi connectivity index (χ1v) is 10.6. The Balaban J connectivity index is 1.35. The first-order valence-electron chi connectivity index (χ1n) is 9.74. The molecule has 158 valence electrons. The van der Waals surface area contributed by atoms with Crippen LogP contribution >= 0.6 is 11.3 Å². The number of carbonyl (C=O) groups is 4. The van der Waals surface area contributed by atoms with Crippen molar-refractivity contribution in [1.82, 2.24) is 5.06 Å². The fourth-order valence-corrected chi connectivity index (χ4v) is 4.35. The molecule has 8 nitrogen and oxygen atoms in total. The summed E-state index contributed by atoms with van der Waals surface area (Å²) >= 11 is 1.51. The van der Waals surface area contributed by atoms with Gasteiger partial charge in [0.25, 0.3) is 11.8 Å². The Labute approximate surface area is 180 Å². The van der Waals surface area contributed by atoms with E-state index in [1.807, 2.05) is 18.2 Å². The van der Waals surface area contributed by atoms with Crippen molar-refractivity contribution in [3.63, 3.8) is 0 Å². The van der Waals surface area contributed by atoms with E-state index in [2.05, 4.69) is 5.32 Å². The summed E-state index contributed by atoms with van der Waals surface area (Å²) in [4.78, 5) is 64.4. The van der Waals surface area contributed by atoms with Gasteiger partial charge in [0.1, 0.15) is 0 Å². The molecule has 2 aromatic carbocycles. The Hall–Kier alpha value is -3.59. The van der Waals surface area contributed by atoms with Crippen molar-refractivity contribution in [1.29, 1.82) is 0 Å². The second-order valence-corrected chi connectivity index (χ2v) is 8.17. The highest BCUT2D eigenvalue weighted by Crippen LogP contribution is 2.26. The normalized spacial score (nSPS) is 13.7. The molecule has 1 saturated heterocycles. The highest BCUT2D eigenvalue weighted by molar-refractivity contribution is 7.24. The number of nitrogens with zero attached hydrogens (tertiary/aromatic N) is 1. The van der Waals surface area contributed by atoms with Crippen molar-refractivity contribution in [3.8, 4) is 0 Å². The van der Waals surface area contributed by atoms with E-state index in [4.69, 9.17) is 4.84 Å². The fourth-order valence-electron chi connectivity index (χ4n) is 3.30. The lowest BCUT2D eigenvalue weighted by atomic mass is 10.1. The number of carbonyl (C=O) groups excluding carboxylic acids is 4. The van der Waals surface area contributed by atoms with Gasteiger partial charge < -0.3 is 10.2 Å². The van der Waals surface area contributed by atoms with Crippen molar-refractivity contribution in [3.05, 3.63) is 52.7 Å². The number of nitrogens with one attached hydrogen (secondary N) is 1. The maximum absolute atomic E-state index is 12.8. The van der Waals surface area contributed by atoms with Gasteiger partial charge in [-0.05, 0) is 36.8 Å². The first-order chi connectivity index (χ1) is 14.9. The number of fused-ring (bicyclic) bond motifs is 2. The molecule has 0 atom stereocenters. The third-order valence-electron chi connectivity index (χ3n) is 4.84. The zero-order valence-electron chi connectivity index (χ0n) is 16.4. The van der Waals surface area contributed by atoms with E-state index >= 15 is 0 Å². The van der Waals surface area contributed by atoms with Gasteiger partial charge in [-0.3, -0.25) is 19.2 Å². The molecule has 3 amide bonds. The zero-order chi connectivity index (χ0) is 22.0. The van der Waals surface area contributed by atoms with Crippen LogP contribution in [0.5, 0.6) is 0 Å². The molecule has 3 aromatic rings. The molecular weight excluding hydrogens is 420 g/mol.